The van der Waals surface area contributed by atoms with Gasteiger partial charge in [0.15, 0.2) is 0 Å². The fourth-order valence-corrected chi connectivity index (χ4v) is 2.01. The molecule has 0 aliphatic carbocycles. The van der Waals surface area contributed by atoms with Crippen molar-refractivity contribution in [1.29, 1.82) is 0 Å². The molecule has 0 bridgehead atoms. The van der Waals surface area contributed by atoms with Crippen LogP contribution >= 0.6 is 0 Å². The Balaban J connectivity index is 2.67. The minimum Gasteiger partial charge on any atom is -0.329 e. The molecule has 0 saturated heterocycles. The van der Waals surface area contributed by atoms with Gasteiger partial charge in [0.2, 0.25) is 0 Å². The molecule has 0 aliphatic heterocycles. The molecular formula is C11H23N5. The van der Waals surface area contributed by atoms with Gasteiger partial charge < -0.3 is 5.73 Å². The van der Waals surface area contributed by atoms with Gasteiger partial charge in [-0.25, -0.2) is 4.98 Å². The number of nitrogens with zero attached hydrogens (tertiary/aromatic N) is 4. The minimum absolute atomic E-state index is 0.584. The lowest BCUT2D eigenvalue weighted by Crippen LogP contribution is -2.38. The monoisotopic (exact) mass is 225 g/mol. The average molecular weight is 225 g/mol. The van der Waals surface area contributed by atoms with Crippen LogP contribution in [-0.2, 0) is 13.6 Å². The Bertz CT molecular complexity index is 292. The molecular weight excluding hydrogens is 202 g/mol. The summed E-state index contributed by atoms with van der Waals surface area (Å²) in [7, 11) is 1.93. The normalized spacial score (nSPS) is 11.6. The summed E-state index contributed by atoms with van der Waals surface area (Å²) in [5, 5.41) is 4.09. The van der Waals surface area contributed by atoms with Gasteiger partial charge in [-0.3, -0.25) is 9.58 Å². The van der Waals surface area contributed by atoms with Crippen molar-refractivity contribution >= 4 is 0 Å². The van der Waals surface area contributed by atoms with E-state index in [1.165, 1.54) is 0 Å². The summed E-state index contributed by atoms with van der Waals surface area (Å²) in [5.74, 6) is 1.00. The second kappa shape index (κ2) is 6.60. The predicted octanol–water partition coefficient (Wildman–Crippen LogP) is 0.764. The van der Waals surface area contributed by atoms with E-state index in [2.05, 4.69) is 28.8 Å². The van der Waals surface area contributed by atoms with E-state index in [4.69, 9.17) is 5.73 Å². The fraction of sp³-hybridized carbons (Fsp3) is 0.818. The minimum atomic E-state index is 0.584. The van der Waals surface area contributed by atoms with Gasteiger partial charge in [-0.2, -0.15) is 5.10 Å². The molecule has 2 N–H and O–H groups in total. The van der Waals surface area contributed by atoms with E-state index in [1.807, 2.05) is 11.7 Å². The molecule has 1 rings (SSSR count). The smallest absolute Gasteiger partial charge is 0.140 e. The molecule has 16 heavy (non-hydrogen) atoms. The van der Waals surface area contributed by atoms with Crippen LogP contribution in [0.1, 0.15) is 32.5 Å². The van der Waals surface area contributed by atoms with Crippen molar-refractivity contribution in [2.75, 3.05) is 13.1 Å². The molecule has 5 nitrogen and oxygen atoms in total. The Morgan fingerprint density at radius 1 is 1.44 bits per heavy atom. The number of aromatic nitrogens is 3. The van der Waals surface area contributed by atoms with Gasteiger partial charge in [0, 0.05) is 26.2 Å². The van der Waals surface area contributed by atoms with Gasteiger partial charge in [-0.15, -0.1) is 0 Å². The van der Waals surface area contributed by atoms with Crippen LogP contribution in [0.4, 0.5) is 0 Å². The van der Waals surface area contributed by atoms with Gasteiger partial charge in [0.05, 0.1) is 6.54 Å². The first-order valence-electron chi connectivity index (χ1n) is 5.99. The second-order valence-corrected chi connectivity index (χ2v) is 4.03. The lowest BCUT2D eigenvalue weighted by molar-refractivity contribution is 0.175. The Morgan fingerprint density at radius 2 is 2.12 bits per heavy atom. The molecule has 0 saturated carbocycles. The van der Waals surface area contributed by atoms with Crippen LogP contribution in [0.15, 0.2) is 6.33 Å². The summed E-state index contributed by atoms with van der Waals surface area (Å²) in [6.07, 6.45) is 3.89. The van der Waals surface area contributed by atoms with Gasteiger partial charge in [-0.1, -0.05) is 13.8 Å². The quantitative estimate of drug-likeness (QED) is 0.744. The SMILES string of the molecule is CCC(CC)N(CCN)Cc1ncnn1C. The van der Waals surface area contributed by atoms with Crippen LogP contribution in [0.25, 0.3) is 0 Å². The highest BCUT2D eigenvalue weighted by Crippen LogP contribution is 2.11. The third-order valence-electron chi connectivity index (χ3n) is 3.02. The zero-order valence-electron chi connectivity index (χ0n) is 10.6. The van der Waals surface area contributed by atoms with Crippen molar-refractivity contribution in [3.05, 3.63) is 12.2 Å². The summed E-state index contributed by atoms with van der Waals surface area (Å²) in [5.41, 5.74) is 5.66. The van der Waals surface area contributed by atoms with Gasteiger partial charge in [-0.05, 0) is 12.8 Å². The summed E-state index contributed by atoms with van der Waals surface area (Å²) in [6, 6.07) is 0.584. The first-order valence-corrected chi connectivity index (χ1v) is 5.99. The van der Waals surface area contributed by atoms with E-state index >= 15 is 0 Å². The third-order valence-corrected chi connectivity index (χ3v) is 3.02. The van der Waals surface area contributed by atoms with Crippen LogP contribution in [0.3, 0.4) is 0 Å². The molecule has 0 aliphatic rings. The Kier molecular flexibility index (Phi) is 5.42. The van der Waals surface area contributed by atoms with Gasteiger partial charge in [0.25, 0.3) is 0 Å². The van der Waals surface area contributed by atoms with Gasteiger partial charge >= 0.3 is 0 Å². The molecule has 0 fully saturated rings. The molecule has 1 aromatic rings. The Labute approximate surface area is 97.6 Å². The lowest BCUT2D eigenvalue weighted by atomic mass is 10.1. The second-order valence-electron chi connectivity index (χ2n) is 4.03. The molecule has 0 atom stereocenters. The number of hydrogen-bond donors (Lipinski definition) is 1. The highest BCUT2D eigenvalue weighted by atomic mass is 15.3. The highest BCUT2D eigenvalue weighted by molar-refractivity contribution is 4.85. The van der Waals surface area contributed by atoms with Crippen LogP contribution in [0.5, 0.6) is 0 Å². The van der Waals surface area contributed by atoms with Crippen LogP contribution in [0.2, 0.25) is 0 Å². The molecule has 0 radical (unpaired) electrons. The van der Waals surface area contributed by atoms with Crippen LogP contribution in [0, 0.1) is 0 Å². The zero-order chi connectivity index (χ0) is 12.0. The molecule has 92 valence electrons. The van der Waals surface area contributed by atoms with Crippen molar-refractivity contribution < 1.29 is 0 Å². The van der Waals surface area contributed by atoms with Gasteiger partial charge in [0.1, 0.15) is 12.2 Å². The van der Waals surface area contributed by atoms with Crippen molar-refractivity contribution in [3.8, 4) is 0 Å². The third kappa shape index (κ3) is 3.28. The van der Waals surface area contributed by atoms with E-state index in [0.29, 0.717) is 12.6 Å². The lowest BCUT2D eigenvalue weighted by Gasteiger charge is -2.29. The number of hydrogen-bond acceptors (Lipinski definition) is 4. The Morgan fingerprint density at radius 3 is 2.56 bits per heavy atom. The molecule has 1 aromatic heterocycles. The van der Waals surface area contributed by atoms with Crippen LogP contribution < -0.4 is 5.73 Å². The van der Waals surface area contributed by atoms with Crippen molar-refractivity contribution in [3.63, 3.8) is 0 Å². The summed E-state index contributed by atoms with van der Waals surface area (Å²) in [6.45, 7) is 6.87. The molecule has 0 spiro atoms. The predicted molar refractivity (Wildman–Crippen MR) is 64.8 cm³/mol. The first-order chi connectivity index (χ1) is 7.72. The topological polar surface area (TPSA) is 60.0 Å². The molecule has 1 heterocycles. The maximum Gasteiger partial charge on any atom is 0.140 e. The summed E-state index contributed by atoms with van der Waals surface area (Å²) >= 11 is 0. The van der Waals surface area contributed by atoms with E-state index in [9.17, 15) is 0 Å². The number of aryl methyl sites for hydroxylation is 1. The van der Waals surface area contributed by atoms with E-state index in [0.717, 1.165) is 31.8 Å². The summed E-state index contributed by atoms with van der Waals surface area (Å²) < 4.78 is 1.83. The van der Waals surface area contributed by atoms with Crippen molar-refractivity contribution in [1.82, 2.24) is 19.7 Å². The van der Waals surface area contributed by atoms with Crippen molar-refractivity contribution in [2.24, 2.45) is 12.8 Å². The van der Waals surface area contributed by atoms with E-state index < -0.39 is 0 Å². The highest BCUT2D eigenvalue weighted by Gasteiger charge is 2.16. The molecule has 5 heteroatoms. The number of rotatable bonds is 7. The van der Waals surface area contributed by atoms with E-state index in [1.54, 1.807) is 6.33 Å². The maximum atomic E-state index is 5.66. The zero-order valence-corrected chi connectivity index (χ0v) is 10.6. The maximum absolute atomic E-state index is 5.66. The first kappa shape index (κ1) is 13.1. The van der Waals surface area contributed by atoms with E-state index in [-0.39, 0.29) is 0 Å². The largest absolute Gasteiger partial charge is 0.329 e. The average Bonchev–Trinajstić information content (AvgIpc) is 2.66. The number of nitrogens with two attached hydrogens (primary N) is 1. The standard InChI is InChI=1S/C11H23N5/c1-4-10(5-2)16(7-6-12)8-11-13-9-14-15(11)3/h9-10H,4-8,12H2,1-3H3. The fourth-order valence-electron chi connectivity index (χ4n) is 2.01. The Hall–Kier alpha value is -0.940. The van der Waals surface area contributed by atoms with Crippen molar-refractivity contribution in [2.45, 2.75) is 39.3 Å². The summed E-state index contributed by atoms with van der Waals surface area (Å²) in [4.78, 5) is 6.65. The molecule has 0 amide bonds. The molecule has 0 aromatic carbocycles. The van der Waals surface area contributed by atoms with Crippen LogP contribution in [-0.4, -0.2) is 38.8 Å². The molecule has 0 unspecified atom stereocenters.